The summed E-state index contributed by atoms with van der Waals surface area (Å²) in [6.07, 6.45) is 6.69. The Morgan fingerprint density at radius 1 is 1.03 bits per heavy atom. The number of carbonyl (C=O) groups excluding carboxylic acids is 2. The quantitative estimate of drug-likeness (QED) is 0.281. The van der Waals surface area contributed by atoms with Gasteiger partial charge in [-0.05, 0) is 48.6 Å². The van der Waals surface area contributed by atoms with Crippen molar-refractivity contribution in [2.75, 3.05) is 44.9 Å². The molecular weight excluding hydrogens is 428 g/mol. The third kappa shape index (κ3) is 7.82. The van der Waals surface area contributed by atoms with E-state index in [-0.39, 0.29) is 24.5 Å². The largest absolute Gasteiger partial charge is 0.460 e. The molecule has 1 amide bonds. The normalized spacial score (nSPS) is 14.9. The fourth-order valence-corrected chi connectivity index (χ4v) is 4.24. The van der Waals surface area contributed by atoms with Gasteiger partial charge in [-0.2, -0.15) is 0 Å². The molecule has 0 unspecified atom stereocenters. The molecule has 6 heteroatoms. The van der Waals surface area contributed by atoms with E-state index in [1.54, 1.807) is 13.2 Å². The van der Waals surface area contributed by atoms with Crippen molar-refractivity contribution in [2.45, 2.75) is 38.6 Å². The van der Waals surface area contributed by atoms with Crippen molar-refractivity contribution >= 4 is 23.6 Å². The third-order valence-corrected chi connectivity index (χ3v) is 6.17. The second kappa shape index (κ2) is 13.7. The highest BCUT2D eigenvalue weighted by Crippen LogP contribution is 2.24. The molecule has 0 N–H and O–H groups in total. The molecule has 34 heavy (non-hydrogen) atoms. The highest BCUT2D eigenvalue weighted by molar-refractivity contribution is 5.93. The predicted molar refractivity (Wildman–Crippen MR) is 136 cm³/mol. The molecule has 1 fully saturated rings. The van der Waals surface area contributed by atoms with E-state index in [1.165, 1.54) is 11.6 Å². The molecule has 2 aromatic carbocycles. The van der Waals surface area contributed by atoms with Crippen LogP contribution in [0.3, 0.4) is 0 Å². The molecular formula is C28H36N2O4. The van der Waals surface area contributed by atoms with Gasteiger partial charge in [0.15, 0.2) is 0 Å². The maximum atomic E-state index is 12.7. The minimum Gasteiger partial charge on any atom is -0.460 e. The van der Waals surface area contributed by atoms with Crippen LogP contribution in [0.2, 0.25) is 0 Å². The van der Waals surface area contributed by atoms with Crippen molar-refractivity contribution in [2.24, 2.45) is 0 Å². The number of amides is 1. The van der Waals surface area contributed by atoms with E-state index in [1.807, 2.05) is 54.3 Å². The van der Waals surface area contributed by atoms with Crippen LogP contribution in [0.1, 0.15) is 37.3 Å². The minimum absolute atomic E-state index is 0.196. The first-order valence-corrected chi connectivity index (χ1v) is 12.1. The molecule has 6 nitrogen and oxygen atoms in total. The number of piperidine rings is 1. The van der Waals surface area contributed by atoms with Gasteiger partial charge in [0.1, 0.15) is 6.61 Å². The Balaban J connectivity index is 1.45. The molecule has 182 valence electrons. The molecule has 1 saturated heterocycles. The second-order valence-corrected chi connectivity index (χ2v) is 8.51. The first-order chi connectivity index (χ1) is 16.6. The lowest BCUT2D eigenvalue weighted by Crippen LogP contribution is -2.47. The number of likely N-dealkylation sites (tertiary alicyclic amines) is 1. The average molecular weight is 465 g/mol. The zero-order chi connectivity index (χ0) is 24.2. The van der Waals surface area contributed by atoms with Gasteiger partial charge in [-0.15, -0.1) is 0 Å². The Kier molecular flexibility index (Phi) is 10.3. The predicted octanol–water partition coefficient (Wildman–Crippen LogP) is 4.34. The minimum atomic E-state index is -0.365. The number of carbonyl (C=O) groups is 2. The van der Waals surface area contributed by atoms with Gasteiger partial charge in [0.05, 0.1) is 6.61 Å². The molecule has 0 atom stereocenters. The maximum absolute atomic E-state index is 12.7. The number of methoxy groups -OCH3 is 1. The van der Waals surface area contributed by atoms with Crippen LogP contribution in [0.5, 0.6) is 0 Å². The SMILES string of the molecule is CCC(=O)N(c1ccccc1)C1CCN(CCc2ccc(/C=C/C(=O)OCCOC)cc2)CC1. The van der Waals surface area contributed by atoms with E-state index in [2.05, 4.69) is 17.0 Å². The summed E-state index contributed by atoms with van der Waals surface area (Å²) in [6, 6.07) is 18.6. The number of hydrogen-bond donors (Lipinski definition) is 0. The van der Waals surface area contributed by atoms with Crippen molar-refractivity contribution < 1.29 is 19.1 Å². The topological polar surface area (TPSA) is 59.1 Å². The Hall–Kier alpha value is -2.96. The number of anilines is 1. The van der Waals surface area contributed by atoms with Gasteiger partial charge in [0, 0.05) is 51.0 Å². The van der Waals surface area contributed by atoms with Crippen molar-refractivity contribution in [1.82, 2.24) is 4.90 Å². The van der Waals surface area contributed by atoms with Crippen LogP contribution in [-0.2, 0) is 25.5 Å². The zero-order valence-corrected chi connectivity index (χ0v) is 20.3. The summed E-state index contributed by atoms with van der Waals surface area (Å²) in [4.78, 5) is 28.8. The van der Waals surface area contributed by atoms with Crippen LogP contribution >= 0.6 is 0 Å². The van der Waals surface area contributed by atoms with E-state index in [0.29, 0.717) is 13.0 Å². The van der Waals surface area contributed by atoms with E-state index < -0.39 is 0 Å². The number of esters is 1. The Bertz CT molecular complexity index is 919. The molecule has 0 aliphatic carbocycles. The molecule has 3 rings (SSSR count). The first kappa shape index (κ1) is 25.7. The molecule has 0 spiro atoms. The summed E-state index contributed by atoms with van der Waals surface area (Å²) >= 11 is 0. The lowest BCUT2D eigenvalue weighted by Gasteiger charge is -2.38. The highest BCUT2D eigenvalue weighted by Gasteiger charge is 2.28. The maximum Gasteiger partial charge on any atom is 0.330 e. The molecule has 0 radical (unpaired) electrons. The number of nitrogens with zero attached hydrogens (tertiary/aromatic N) is 2. The van der Waals surface area contributed by atoms with E-state index in [0.717, 1.165) is 50.1 Å². The third-order valence-electron chi connectivity index (χ3n) is 6.17. The van der Waals surface area contributed by atoms with Crippen molar-refractivity contribution in [3.8, 4) is 0 Å². The van der Waals surface area contributed by atoms with E-state index >= 15 is 0 Å². The average Bonchev–Trinajstić information content (AvgIpc) is 2.88. The van der Waals surface area contributed by atoms with Gasteiger partial charge >= 0.3 is 5.97 Å². The number of ether oxygens (including phenoxy) is 2. The monoisotopic (exact) mass is 464 g/mol. The smallest absolute Gasteiger partial charge is 0.330 e. The van der Waals surface area contributed by atoms with Gasteiger partial charge in [0.25, 0.3) is 0 Å². The number of rotatable bonds is 11. The standard InChI is InChI=1S/C28H36N2O4/c1-3-27(31)30(25-7-5-4-6-8-25)26-16-19-29(20-17-26)18-15-24-11-9-23(10-12-24)13-14-28(32)34-22-21-33-2/h4-14,26H,3,15-22H2,1-2H3/b14-13+. The lowest BCUT2D eigenvalue weighted by molar-refractivity contribution is -0.138. The molecule has 1 aliphatic heterocycles. The van der Waals surface area contributed by atoms with Gasteiger partial charge in [-0.3, -0.25) is 4.79 Å². The molecule has 1 heterocycles. The highest BCUT2D eigenvalue weighted by atomic mass is 16.6. The van der Waals surface area contributed by atoms with Crippen LogP contribution in [0, 0.1) is 0 Å². The molecule has 0 aromatic heterocycles. The van der Waals surface area contributed by atoms with Gasteiger partial charge < -0.3 is 19.3 Å². The van der Waals surface area contributed by atoms with Crippen molar-refractivity contribution in [3.05, 3.63) is 71.8 Å². The van der Waals surface area contributed by atoms with Crippen molar-refractivity contribution in [1.29, 1.82) is 0 Å². The molecule has 1 aliphatic rings. The second-order valence-electron chi connectivity index (χ2n) is 8.51. The summed E-state index contributed by atoms with van der Waals surface area (Å²) in [5.74, 6) is -0.168. The van der Waals surface area contributed by atoms with Gasteiger partial charge in [0.2, 0.25) is 5.91 Å². The number of benzene rings is 2. The van der Waals surface area contributed by atoms with Crippen LogP contribution < -0.4 is 4.90 Å². The fourth-order valence-electron chi connectivity index (χ4n) is 4.24. The summed E-state index contributed by atoms with van der Waals surface area (Å²) in [5, 5.41) is 0. The van der Waals surface area contributed by atoms with Gasteiger partial charge in [-0.1, -0.05) is 49.4 Å². The fraction of sp³-hybridized carbons (Fsp3) is 0.429. The molecule has 0 saturated carbocycles. The summed E-state index contributed by atoms with van der Waals surface area (Å²) < 4.78 is 9.88. The van der Waals surface area contributed by atoms with E-state index in [4.69, 9.17) is 9.47 Å². The molecule has 2 aromatic rings. The Labute approximate surface area is 203 Å². The molecule has 0 bridgehead atoms. The van der Waals surface area contributed by atoms with Gasteiger partial charge in [-0.25, -0.2) is 4.79 Å². The Morgan fingerprint density at radius 3 is 2.38 bits per heavy atom. The van der Waals surface area contributed by atoms with Crippen LogP contribution in [-0.4, -0.2) is 62.8 Å². The summed E-state index contributed by atoms with van der Waals surface area (Å²) in [5.41, 5.74) is 3.24. The van der Waals surface area contributed by atoms with Crippen LogP contribution in [0.15, 0.2) is 60.7 Å². The Morgan fingerprint density at radius 2 is 1.74 bits per heavy atom. The summed E-state index contributed by atoms with van der Waals surface area (Å²) in [6.45, 7) is 5.58. The first-order valence-electron chi connectivity index (χ1n) is 12.1. The number of para-hydroxylation sites is 1. The lowest BCUT2D eigenvalue weighted by atomic mass is 10.0. The number of hydrogen-bond acceptors (Lipinski definition) is 5. The summed E-state index contributed by atoms with van der Waals surface area (Å²) in [7, 11) is 1.57. The van der Waals surface area contributed by atoms with Crippen molar-refractivity contribution in [3.63, 3.8) is 0 Å². The zero-order valence-electron chi connectivity index (χ0n) is 20.3. The van der Waals surface area contributed by atoms with Crippen LogP contribution in [0.4, 0.5) is 5.69 Å². The van der Waals surface area contributed by atoms with Crippen LogP contribution in [0.25, 0.3) is 6.08 Å². The van der Waals surface area contributed by atoms with E-state index in [9.17, 15) is 9.59 Å².